The van der Waals surface area contributed by atoms with Gasteiger partial charge in [0.05, 0.1) is 19.8 Å². The summed E-state index contributed by atoms with van der Waals surface area (Å²) in [4.78, 5) is 10.8. The molecule has 2 N–H and O–H groups in total. The maximum absolute atomic E-state index is 6.04. The van der Waals surface area contributed by atoms with E-state index in [2.05, 4.69) is 36.7 Å². The number of hydrogen-bond donors (Lipinski definition) is 2. The number of morpholine rings is 1. The average Bonchev–Trinajstić information content (AvgIpc) is 3.14. The van der Waals surface area contributed by atoms with Crippen molar-refractivity contribution < 1.29 is 9.47 Å². The van der Waals surface area contributed by atoms with Gasteiger partial charge >= 0.3 is 0 Å². The molecule has 1 aliphatic rings. The Balaban J connectivity index is 0.00000300. The second-order valence-electron chi connectivity index (χ2n) is 6.49. The van der Waals surface area contributed by atoms with E-state index < -0.39 is 0 Å². The number of guanidine groups is 1. The third-order valence-electron chi connectivity index (χ3n) is 4.63. The Morgan fingerprint density at radius 2 is 1.97 bits per heavy atom. The van der Waals surface area contributed by atoms with Crippen molar-refractivity contribution in [3.63, 3.8) is 0 Å². The van der Waals surface area contributed by atoms with Gasteiger partial charge in [0.15, 0.2) is 5.96 Å². The van der Waals surface area contributed by atoms with Crippen molar-refractivity contribution in [3.8, 4) is 5.75 Å². The van der Waals surface area contributed by atoms with Crippen LogP contribution in [-0.4, -0.2) is 72.1 Å². The van der Waals surface area contributed by atoms with Gasteiger partial charge in [0, 0.05) is 45.8 Å². The lowest BCUT2D eigenvalue weighted by molar-refractivity contribution is 0.0322. The molecule has 3 rings (SSSR count). The van der Waals surface area contributed by atoms with Crippen LogP contribution >= 0.6 is 24.0 Å². The molecule has 0 atom stereocenters. The van der Waals surface area contributed by atoms with Gasteiger partial charge in [-0.05, 0) is 6.07 Å². The molecule has 1 aromatic carbocycles. The fourth-order valence-electron chi connectivity index (χ4n) is 2.94. The van der Waals surface area contributed by atoms with E-state index in [1.54, 1.807) is 11.7 Å². The van der Waals surface area contributed by atoms with E-state index in [0.717, 1.165) is 50.0 Å². The number of para-hydroxylation sites is 1. The van der Waals surface area contributed by atoms with Gasteiger partial charge in [0.1, 0.15) is 24.5 Å². The largest absolute Gasteiger partial charge is 0.492 e. The number of nitrogens with zero attached hydrogens (tertiary/aromatic N) is 5. The fourth-order valence-corrected chi connectivity index (χ4v) is 2.94. The Hall–Kier alpha value is -1.92. The number of aryl methyl sites for hydroxylation is 1. The van der Waals surface area contributed by atoms with Crippen molar-refractivity contribution >= 4 is 29.9 Å². The van der Waals surface area contributed by atoms with Gasteiger partial charge in [-0.3, -0.25) is 14.6 Å². The molecule has 1 saturated heterocycles. The van der Waals surface area contributed by atoms with Gasteiger partial charge in [-0.25, -0.2) is 4.98 Å². The molecule has 0 saturated carbocycles. The van der Waals surface area contributed by atoms with E-state index in [0.29, 0.717) is 25.7 Å². The van der Waals surface area contributed by atoms with Crippen LogP contribution in [0.3, 0.4) is 0 Å². The fraction of sp³-hybridized carbons (Fsp3) is 0.526. The highest BCUT2D eigenvalue weighted by Gasteiger charge is 2.11. The number of aromatic nitrogens is 3. The van der Waals surface area contributed by atoms with Gasteiger partial charge in [-0.2, -0.15) is 5.10 Å². The van der Waals surface area contributed by atoms with E-state index >= 15 is 0 Å². The van der Waals surface area contributed by atoms with Crippen LogP contribution in [0, 0.1) is 0 Å². The van der Waals surface area contributed by atoms with Gasteiger partial charge in [-0.15, -0.1) is 24.0 Å². The zero-order chi connectivity index (χ0) is 19.6. The monoisotopic (exact) mass is 515 g/mol. The third-order valence-corrected chi connectivity index (χ3v) is 4.63. The molecule has 0 bridgehead atoms. The van der Waals surface area contributed by atoms with Crippen LogP contribution < -0.4 is 15.4 Å². The van der Waals surface area contributed by atoms with Crippen molar-refractivity contribution in [1.82, 2.24) is 30.3 Å². The lowest BCUT2D eigenvalue weighted by atomic mass is 10.2. The van der Waals surface area contributed by atoms with Crippen LogP contribution in [0.2, 0.25) is 0 Å². The zero-order valence-corrected chi connectivity index (χ0v) is 19.3. The summed E-state index contributed by atoms with van der Waals surface area (Å²) >= 11 is 0. The summed E-state index contributed by atoms with van der Waals surface area (Å²) in [5.41, 5.74) is 1.09. The molecule has 1 fully saturated rings. The van der Waals surface area contributed by atoms with Crippen molar-refractivity contribution in [1.29, 1.82) is 0 Å². The summed E-state index contributed by atoms with van der Waals surface area (Å²) in [7, 11) is 3.61. The third kappa shape index (κ3) is 7.44. The van der Waals surface area contributed by atoms with Crippen molar-refractivity contribution in [2.24, 2.45) is 12.0 Å². The number of hydrogen-bond acceptors (Lipinski definition) is 6. The molecule has 2 aromatic rings. The molecule has 0 aliphatic carbocycles. The molecular formula is C19H30IN7O2. The smallest absolute Gasteiger partial charge is 0.191 e. The Morgan fingerprint density at radius 1 is 1.21 bits per heavy atom. The highest BCUT2D eigenvalue weighted by molar-refractivity contribution is 14.0. The summed E-state index contributed by atoms with van der Waals surface area (Å²) in [6, 6.07) is 8.08. The van der Waals surface area contributed by atoms with Gasteiger partial charge in [0.25, 0.3) is 0 Å². The summed E-state index contributed by atoms with van der Waals surface area (Å²) in [6.45, 7) is 6.30. The van der Waals surface area contributed by atoms with Crippen LogP contribution in [0.4, 0.5) is 0 Å². The Labute approximate surface area is 188 Å². The number of aliphatic imine (C=N–C) groups is 1. The molecule has 9 nitrogen and oxygen atoms in total. The minimum atomic E-state index is 0. The summed E-state index contributed by atoms with van der Waals surface area (Å²) in [5, 5.41) is 10.6. The molecule has 10 heteroatoms. The molecule has 0 amide bonds. The van der Waals surface area contributed by atoms with Crippen molar-refractivity contribution in [3.05, 3.63) is 42.0 Å². The molecular weight excluding hydrogens is 485 g/mol. The summed E-state index contributed by atoms with van der Waals surface area (Å²) < 4.78 is 13.2. The molecule has 0 radical (unpaired) electrons. The highest BCUT2D eigenvalue weighted by atomic mass is 127. The molecule has 160 valence electrons. The highest BCUT2D eigenvalue weighted by Crippen LogP contribution is 2.17. The standard InChI is InChI=1S/C19H29N7O2.HI/c1-20-19(22-14-18-23-15-24-25(18)2)21-13-16-5-3-4-6-17(16)28-12-9-26-7-10-27-11-8-26;/h3-6,15H,7-14H2,1-2H3,(H2,20,21,22);1H. The minimum Gasteiger partial charge on any atom is -0.492 e. The van der Waals surface area contributed by atoms with E-state index in [1.165, 1.54) is 6.33 Å². The summed E-state index contributed by atoms with van der Waals surface area (Å²) in [6.07, 6.45) is 1.54. The number of ether oxygens (including phenoxy) is 2. The first-order valence-electron chi connectivity index (χ1n) is 9.54. The second kappa shape index (κ2) is 12.6. The van der Waals surface area contributed by atoms with Crippen molar-refractivity contribution in [2.45, 2.75) is 13.1 Å². The van der Waals surface area contributed by atoms with Crippen LogP contribution in [0.1, 0.15) is 11.4 Å². The zero-order valence-electron chi connectivity index (χ0n) is 17.0. The van der Waals surface area contributed by atoms with Crippen molar-refractivity contribution in [2.75, 3.05) is 46.5 Å². The maximum atomic E-state index is 6.04. The Morgan fingerprint density at radius 3 is 2.69 bits per heavy atom. The summed E-state index contributed by atoms with van der Waals surface area (Å²) in [5.74, 6) is 2.44. The molecule has 1 aliphatic heterocycles. The second-order valence-corrected chi connectivity index (χ2v) is 6.49. The Bertz CT molecular complexity index is 763. The first kappa shape index (κ1) is 23.4. The topological polar surface area (TPSA) is 88.8 Å². The van der Waals surface area contributed by atoms with E-state index in [-0.39, 0.29) is 24.0 Å². The minimum absolute atomic E-state index is 0. The lowest BCUT2D eigenvalue weighted by Gasteiger charge is -2.26. The van der Waals surface area contributed by atoms with Crippen LogP contribution in [0.15, 0.2) is 35.6 Å². The Kier molecular flexibility index (Phi) is 10.2. The predicted molar refractivity (Wildman–Crippen MR) is 123 cm³/mol. The molecule has 2 heterocycles. The normalized spacial score (nSPS) is 14.9. The first-order valence-corrected chi connectivity index (χ1v) is 9.54. The van der Waals surface area contributed by atoms with Gasteiger partial charge in [-0.1, -0.05) is 18.2 Å². The van der Waals surface area contributed by atoms with E-state index in [1.807, 2.05) is 25.2 Å². The molecule has 1 aromatic heterocycles. The number of rotatable bonds is 8. The first-order chi connectivity index (χ1) is 13.8. The van der Waals surface area contributed by atoms with Crippen LogP contribution in [0.5, 0.6) is 5.75 Å². The lowest BCUT2D eigenvalue weighted by Crippen LogP contribution is -2.38. The molecule has 0 spiro atoms. The maximum Gasteiger partial charge on any atom is 0.191 e. The molecule has 0 unspecified atom stereocenters. The number of halogens is 1. The van der Waals surface area contributed by atoms with Crippen LogP contribution in [0.25, 0.3) is 0 Å². The average molecular weight is 515 g/mol. The van der Waals surface area contributed by atoms with Gasteiger partial charge < -0.3 is 20.1 Å². The number of benzene rings is 1. The quantitative estimate of drug-likeness (QED) is 0.308. The number of nitrogens with one attached hydrogen (secondary N) is 2. The van der Waals surface area contributed by atoms with Crippen LogP contribution in [-0.2, 0) is 24.9 Å². The predicted octanol–water partition coefficient (Wildman–Crippen LogP) is 1.01. The SMILES string of the molecule is CN=C(NCc1ccccc1OCCN1CCOCC1)NCc1ncnn1C.I. The van der Waals surface area contributed by atoms with E-state index in [9.17, 15) is 0 Å². The van der Waals surface area contributed by atoms with Gasteiger partial charge in [0.2, 0.25) is 0 Å². The molecule has 29 heavy (non-hydrogen) atoms. The van der Waals surface area contributed by atoms with E-state index in [4.69, 9.17) is 9.47 Å².